The zero-order chi connectivity index (χ0) is 18.0. The zero-order valence-corrected chi connectivity index (χ0v) is 14.7. The molecule has 7 heteroatoms. The number of aliphatic carboxylic acids is 1. The topological polar surface area (TPSA) is 75.4 Å². The molecule has 1 aromatic heterocycles. The smallest absolute Gasteiger partial charge is 0.303 e. The summed E-state index contributed by atoms with van der Waals surface area (Å²) >= 11 is 6.22. The molecule has 1 fully saturated rings. The van der Waals surface area contributed by atoms with E-state index in [0.29, 0.717) is 36.6 Å². The Morgan fingerprint density at radius 1 is 1.28 bits per heavy atom. The highest BCUT2D eigenvalue weighted by Crippen LogP contribution is 2.24. The number of aryl methyl sites for hydroxylation is 1. The Morgan fingerprint density at radius 3 is 2.60 bits per heavy atom. The molecule has 6 nitrogen and oxygen atoms in total. The number of hydrogen-bond donors (Lipinski definition) is 1. The molecule has 0 aliphatic carbocycles. The summed E-state index contributed by atoms with van der Waals surface area (Å²) in [7, 11) is 0. The molecule has 0 bridgehead atoms. The first-order valence-corrected chi connectivity index (χ1v) is 8.66. The van der Waals surface area contributed by atoms with E-state index in [1.54, 1.807) is 21.7 Å². The lowest BCUT2D eigenvalue weighted by molar-refractivity contribution is -0.138. The minimum Gasteiger partial charge on any atom is -0.481 e. The molecule has 1 saturated heterocycles. The van der Waals surface area contributed by atoms with Gasteiger partial charge in [-0.3, -0.25) is 9.59 Å². The van der Waals surface area contributed by atoms with E-state index >= 15 is 0 Å². The summed E-state index contributed by atoms with van der Waals surface area (Å²) in [4.78, 5) is 25.3. The van der Waals surface area contributed by atoms with E-state index in [9.17, 15) is 9.59 Å². The maximum atomic E-state index is 12.7. The van der Waals surface area contributed by atoms with Gasteiger partial charge in [0.25, 0.3) is 5.91 Å². The van der Waals surface area contributed by atoms with E-state index in [1.165, 1.54) is 0 Å². The molecule has 132 valence electrons. The second-order valence-corrected chi connectivity index (χ2v) is 6.77. The maximum absolute atomic E-state index is 12.7. The average molecular weight is 362 g/mol. The van der Waals surface area contributed by atoms with Crippen LogP contribution in [0.25, 0.3) is 5.69 Å². The number of benzene rings is 1. The summed E-state index contributed by atoms with van der Waals surface area (Å²) in [6.07, 6.45) is 1.59. The third kappa shape index (κ3) is 3.85. The molecule has 1 aliphatic rings. The Balaban J connectivity index is 1.73. The van der Waals surface area contributed by atoms with Gasteiger partial charge in [-0.25, -0.2) is 4.68 Å². The summed E-state index contributed by atoms with van der Waals surface area (Å²) in [5.41, 5.74) is 1.95. The van der Waals surface area contributed by atoms with Crippen molar-refractivity contribution in [2.24, 2.45) is 5.92 Å². The molecule has 2 aromatic rings. The number of piperidine rings is 1. The molecule has 1 aliphatic heterocycles. The molecular formula is C18H20ClN3O3. The number of nitrogens with zero attached hydrogens (tertiary/aromatic N) is 3. The highest BCUT2D eigenvalue weighted by Gasteiger charge is 2.26. The Kier molecular flexibility index (Phi) is 5.08. The van der Waals surface area contributed by atoms with Crippen molar-refractivity contribution < 1.29 is 14.7 Å². The summed E-state index contributed by atoms with van der Waals surface area (Å²) in [5, 5.41) is 13.9. The number of rotatable bonds is 4. The van der Waals surface area contributed by atoms with Crippen molar-refractivity contribution in [3.63, 3.8) is 0 Å². The third-order valence-corrected chi connectivity index (χ3v) is 4.87. The molecule has 1 N–H and O–H groups in total. The van der Waals surface area contributed by atoms with Gasteiger partial charge in [0.2, 0.25) is 0 Å². The summed E-state index contributed by atoms with van der Waals surface area (Å²) in [6.45, 7) is 3.01. The van der Waals surface area contributed by atoms with Crippen molar-refractivity contribution in [2.45, 2.75) is 26.2 Å². The van der Waals surface area contributed by atoms with Gasteiger partial charge in [-0.2, -0.15) is 5.10 Å². The fourth-order valence-electron chi connectivity index (χ4n) is 3.20. The van der Waals surface area contributed by atoms with Crippen LogP contribution in [0.4, 0.5) is 0 Å². The van der Waals surface area contributed by atoms with E-state index in [-0.39, 0.29) is 18.2 Å². The van der Waals surface area contributed by atoms with Gasteiger partial charge in [0.15, 0.2) is 5.69 Å². The van der Waals surface area contributed by atoms with Crippen LogP contribution >= 0.6 is 11.6 Å². The highest BCUT2D eigenvalue weighted by molar-refractivity contribution is 6.32. The molecule has 3 rings (SSSR count). The van der Waals surface area contributed by atoms with Crippen LogP contribution < -0.4 is 0 Å². The van der Waals surface area contributed by atoms with Gasteiger partial charge >= 0.3 is 5.97 Å². The fourth-order valence-corrected chi connectivity index (χ4v) is 3.41. The third-order valence-electron chi connectivity index (χ3n) is 4.55. The van der Waals surface area contributed by atoms with Crippen LogP contribution in [0, 0.1) is 12.8 Å². The Hall–Kier alpha value is -2.34. The van der Waals surface area contributed by atoms with Crippen molar-refractivity contribution in [3.05, 3.63) is 46.7 Å². The van der Waals surface area contributed by atoms with Crippen molar-refractivity contribution in [1.82, 2.24) is 14.7 Å². The van der Waals surface area contributed by atoms with Gasteiger partial charge < -0.3 is 10.0 Å². The van der Waals surface area contributed by atoms with E-state index in [0.717, 1.165) is 11.4 Å². The van der Waals surface area contributed by atoms with Gasteiger partial charge in [0.1, 0.15) is 0 Å². The quantitative estimate of drug-likeness (QED) is 0.907. The van der Waals surface area contributed by atoms with Crippen LogP contribution in [0.3, 0.4) is 0 Å². The number of likely N-dealkylation sites (tertiary alicyclic amines) is 1. The van der Waals surface area contributed by atoms with Crippen LogP contribution in [0.2, 0.25) is 5.02 Å². The molecule has 1 amide bonds. The van der Waals surface area contributed by atoms with Gasteiger partial charge in [-0.15, -0.1) is 0 Å². The average Bonchev–Trinajstić information content (AvgIpc) is 2.96. The number of carboxylic acid groups (broad SMARTS) is 1. The van der Waals surface area contributed by atoms with E-state index in [4.69, 9.17) is 16.7 Å². The molecule has 2 heterocycles. The molecular weight excluding hydrogens is 342 g/mol. The molecule has 1 aromatic carbocycles. The van der Waals surface area contributed by atoms with E-state index in [2.05, 4.69) is 5.10 Å². The van der Waals surface area contributed by atoms with Gasteiger partial charge in [-0.1, -0.05) is 23.7 Å². The number of halogens is 1. The summed E-state index contributed by atoms with van der Waals surface area (Å²) in [5.74, 6) is -0.759. The van der Waals surface area contributed by atoms with Crippen LogP contribution in [-0.2, 0) is 4.79 Å². The van der Waals surface area contributed by atoms with Crippen LogP contribution in [0.15, 0.2) is 30.3 Å². The lowest BCUT2D eigenvalue weighted by Crippen LogP contribution is -2.39. The Morgan fingerprint density at radius 2 is 1.96 bits per heavy atom. The highest BCUT2D eigenvalue weighted by atomic mass is 35.5. The van der Waals surface area contributed by atoms with E-state index in [1.807, 2.05) is 25.1 Å². The van der Waals surface area contributed by atoms with Crippen molar-refractivity contribution in [1.29, 1.82) is 0 Å². The number of hydrogen-bond acceptors (Lipinski definition) is 3. The SMILES string of the molecule is Cc1cc(C(=O)N2CCC(CC(=O)O)CC2)nn1-c1ccccc1Cl. The van der Waals surface area contributed by atoms with Crippen LogP contribution in [-0.4, -0.2) is 44.8 Å². The molecule has 25 heavy (non-hydrogen) atoms. The first-order valence-electron chi connectivity index (χ1n) is 8.28. The minimum absolute atomic E-state index is 0.123. The number of amides is 1. The molecule has 0 spiro atoms. The van der Waals surface area contributed by atoms with Crippen molar-refractivity contribution in [2.75, 3.05) is 13.1 Å². The van der Waals surface area contributed by atoms with E-state index < -0.39 is 5.97 Å². The predicted molar refractivity (Wildman–Crippen MR) is 94.2 cm³/mol. The van der Waals surface area contributed by atoms with Gasteiger partial charge in [-0.05, 0) is 43.9 Å². The normalized spacial score (nSPS) is 15.4. The zero-order valence-electron chi connectivity index (χ0n) is 14.0. The minimum atomic E-state index is -0.779. The second kappa shape index (κ2) is 7.27. The maximum Gasteiger partial charge on any atom is 0.303 e. The Bertz CT molecular complexity index is 795. The van der Waals surface area contributed by atoms with Crippen LogP contribution in [0.1, 0.15) is 35.4 Å². The summed E-state index contributed by atoms with van der Waals surface area (Å²) in [6, 6.07) is 9.12. The predicted octanol–water partition coefficient (Wildman–Crippen LogP) is 3.16. The lowest BCUT2D eigenvalue weighted by atomic mass is 9.93. The molecule has 0 atom stereocenters. The number of carboxylic acids is 1. The lowest BCUT2D eigenvalue weighted by Gasteiger charge is -2.30. The monoisotopic (exact) mass is 361 g/mol. The van der Waals surface area contributed by atoms with Crippen molar-refractivity contribution in [3.8, 4) is 5.69 Å². The van der Waals surface area contributed by atoms with Crippen LogP contribution in [0.5, 0.6) is 0 Å². The number of carbonyl (C=O) groups is 2. The fraction of sp³-hybridized carbons (Fsp3) is 0.389. The molecule has 0 unspecified atom stereocenters. The van der Waals surface area contributed by atoms with Crippen molar-refractivity contribution >= 4 is 23.5 Å². The Labute approximate surface area is 151 Å². The second-order valence-electron chi connectivity index (χ2n) is 6.37. The standard InChI is InChI=1S/C18H20ClN3O3/c1-12-10-15(20-22(12)16-5-3-2-4-14(16)19)18(25)21-8-6-13(7-9-21)11-17(23)24/h2-5,10,13H,6-9,11H2,1H3,(H,23,24). The largest absolute Gasteiger partial charge is 0.481 e. The number of para-hydroxylation sites is 1. The summed E-state index contributed by atoms with van der Waals surface area (Å²) < 4.78 is 1.67. The molecule has 0 saturated carbocycles. The first-order chi connectivity index (χ1) is 12.0. The van der Waals surface area contributed by atoms with Gasteiger partial charge in [0.05, 0.1) is 10.7 Å². The number of aromatic nitrogens is 2. The van der Waals surface area contributed by atoms with Gasteiger partial charge in [0, 0.05) is 25.2 Å². The number of carbonyl (C=O) groups excluding carboxylic acids is 1. The molecule has 0 radical (unpaired) electrons. The first kappa shape index (κ1) is 17.5.